The van der Waals surface area contributed by atoms with Crippen LogP contribution in [0.4, 0.5) is 0 Å². The maximum absolute atomic E-state index is 12.3. The third kappa shape index (κ3) is 4.21. The molecule has 1 saturated heterocycles. The van der Waals surface area contributed by atoms with E-state index in [4.69, 9.17) is 10.5 Å². The number of amides is 1. The van der Waals surface area contributed by atoms with Gasteiger partial charge < -0.3 is 15.4 Å². The largest absolute Gasteiger partial charge is 0.484 e. The van der Waals surface area contributed by atoms with Gasteiger partial charge in [-0.2, -0.15) is 0 Å². The summed E-state index contributed by atoms with van der Waals surface area (Å²) in [5.41, 5.74) is 7.15. The van der Waals surface area contributed by atoms with Gasteiger partial charge in [-0.15, -0.1) is 0 Å². The van der Waals surface area contributed by atoms with Gasteiger partial charge in [-0.1, -0.05) is 26.0 Å². The SMILES string of the molecule is CC(C)c1cccc(OCC(=O)N2CC[C@H](N)C[C@@H]2C)c1. The molecular weight excluding hydrogens is 264 g/mol. The average molecular weight is 290 g/mol. The first kappa shape index (κ1) is 15.8. The Bertz CT molecular complexity index is 487. The highest BCUT2D eigenvalue weighted by Gasteiger charge is 2.27. The zero-order chi connectivity index (χ0) is 15.4. The van der Waals surface area contributed by atoms with Crippen molar-refractivity contribution in [2.24, 2.45) is 5.73 Å². The van der Waals surface area contributed by atoms with Crippen LogP contribution in [0.5, 0.6) is 5.75 Å². The Morgan fingerprint density at radius 1 is 1.48 bits per heavy atom. The van der Waals surface area contributed by atoms with Crippen molar-refractivity contribution in [1.29, 1.82) is 0 Å². The number of hydrogen-bond acceptors (Lipinski definition) is 3. The number of carbonyl (C=O) groups excluding carboxylic acids is 1. The van der Waals surface area contributed by atoms with Crippen LogP contribution in [0.15, 0.2) is 24.3 Å². The summed E-state index contributed by atoms with van der Waals surface area (Å²) in [6.45, 7) is 7.17. The normalized spacial score (nSPS) is 22.4. The van der Waals surface area contributed by atoms with Crippen LogP contribution < -0.4 is 10.5 Å². The lowest BCUT2D eigenvalue weighted by Crippen LogP contribution is -2.49. The highest BCUT2D eigenvalue weighted by atomic mass is 16.5. The molecule has 2 N–H and O–H groups in total. The highest BCUT2D eigenvalue weighted by molar-refractivity contribution is 5.78. The van der Waals surface area contributed by atoms with Crippen molar-refractivity contribution < 1.29 is 9.53 Å². The standard InChI is InChI=1S/C17H26N2O2/c1-12(2)14-5-4-6-16(10-14)21-11-17(20)19-8-7-15(18)9-13(19)3/h4-6,10,12-13,15H,7-9,11,18H2,1-3H3/t13-,15-/m0/s1. The summed E-state index contributed by atoms with van der Waals surface area (Å²) in [7, 11) is 0. The predicted octanol–water partition coefficient (Wildman–Crippen LogP) is 2.53. The van der Waals surface area contributed by atoms with Crippen molar-refractivity contribution in [2.45, 2.75) is 51.6 Å². The van der Waals surface area contributed by atoms with Gasteiger partial charge in [0.1, 0.15) is 5.75 Å². The van der Waals surface area contributed by atoms with E-state index >= 15 is 0 Å². The molecule has 1 fully saturated rings. The number of likely N-dealkylation sites (tertiary alicyclic amines) is 1. The Hall–Kier alpha value is -1.55. The zero-order valence-corrected chi connectivity index (χ0v) is 13.2. The molecular formula is C17H26N2O2. The monoisotopic (exact) mass is 290 g/mol. The molecule has 4 nitrogen and oxygen atoms in total. The van der Waals surface area contributed by atoms with Gasteiger partial charge in [-0.25, -0.2) is 0 Å². The minimum Gasteiger partial charge on any atom is -0.484 e. The molecule has 21 heavy (non-hydrogen) atoms. The number of nitrogens with zero attached hydrogens (tertiary/aromatic N) is 1. The van der Waals surface area contributed by atoms with E-state index in [9.17, 15) is 4.79 Å². The Kier molecular flexibility index (Phi) is 5.23. The molecule has 1 aliphatic heterocycles. The van der Waals surface area contributed by atoms with E-state index in [-0.39, 0.29) is 24.6 Å². The molecule has 1 aromatic carbocycles. The fourth-order valence-corrected chi connectivity index (χ4v) is 2.77. The van der Waals surface area contributed by atoms with Crippen LogP contribution in [0.2, 0.25) is 0 Å². The fraction of sp³-hybridized carbons (Fsp3) is 0.588. The minimum atomic E-state index is 0.0457. The summed E-state index contributed by atoms with van der Waals surface area (Å²) in [5, 5.41) is 0. The lowest BCUT2D eigenvalue weighted by Gasteiger charge is -2.36. The van der Waals surface area contributed by atoms with Crippen LogP contribution in [-0.4, -0.2) is 36.0 Å². The first-order valence-corrected chi connectivity index (χ1v) is 7.75. The zero-order valence-electron chi connectivity index (χ0n) is 13.2. The summed E-state index contributed by atoms with van der Waals surface area (Å²) in [4.78, 5) is 14.2. The molecule has 1 aromatic rings. The molecule has 2 rings (SSSR count). The van der Waals surface area contributed by atoms with Gasteiger partial charge in [0.15, 0.2) is 6.61 Å². The molecule has 0 spiro atoms. The van der Waals surface area contributed by atoms with Gasteiger partial charge in [0.05, 0.1) is 0 Å². The lowest BCUT2D eigenvalue weighted by molar-refractivity contribution is -0.136. The third-order valence-corrected chi connectivity index (χ3v) is 4.12. The van der Waals surface area contributed by atoms with Gasteiger partial charge in [0.2, 0.25) is 0 Å². The topological polar surface area (TPSA) is 55.6 Å². The third-order valence-electron chi connectivity index (χ3n) is 4.12. The first-order chi connectivity index (χ1) is 9.97. The number of piperidine rings is 1. The first-order valence-electron chi connectivity index (χ1n) is 7.75. The van der Waals surface area contributed by atoms with E-state index in [1.165, 1.54) is 5.56 Å². The molecule has 2 atom stereocenters. The summed E-state index contributed by atoms with van der Waals surface area (Å²) in [6.07, 6.45) is 1.74. The van der Waals surface area contributed by atoms with Crippen LogP contribution in [0.25, 0.3) is 0 Å². The lowest BCUT2D eigenvalue weighted by atomic mass is 9.99. The fourth-order valence-electron chi connectivity index (χ4n) is 2.77. The molecule has 0 saturated carbocycles. The van der Waals surface area contributed by atoms with Gasteiger partial charge in [-0.05, 0) is 43.4 Å². The van der Waals surface area contributed by atoms with E-state index in [0.717, 1.165) is 25.1 Å². The van der Waals surface area contributed by atoms with Gasteiger partial charge in [-0.3, -0.25) is 4.79 Å². The molecule has 0 bridgehead atoms. The van der Waals surface area contributed by atoms with Crippen LogP contribution in [0.3, 0.4) is 0 Å². The molecule has 4 heteroatoms. The second kappa shape index (κ2) is 6.94. The van der Waals surface area contributed by atoms with E-state index < -0.39 is 0 Å². The van der Waals surface area contributed by atoms with Crippen molar-refractivity contribution in [3.05, 3.63) is 29.8 Å². The van der Waals surface area contributed by atoms with Crippen molar-refractivity contribution in [3.63, 3.8) is 0 Å². The molecule has 1 aliphatic rings. The van der Waals surface area contributed by atoms with E-state index in [0.29, 0.717) is 5.92 Å². The summed E-state index contributed by atoms with van der Waals surface area (Å²) in [6, 6.07) is 8.37. The number of benzene rings is 1. The van der Waals surface area contributed by atoms with Crippen LogP contribution in [0.1, 0.15) is 45.1 Å². The molecule has 116 valence electrons. The summed E-state index contributed by atoms with van der Waals surface area (Å²) >= 11 is 0. The Morgan fingerprint density at radius 3 is 2.90 bits per heavy atom. The Morgan fingerprint density at radius 2 is 2.24 bits per heavy atom. The van der Waals surface area contributed by atoms with Crippen LogP contribution >= 0.6 is 0 Å². The molecule has 0 unspecified atom stereocenters. The maximum Gasteiger partial charge on any atom is 0.260 e. The van der Waals surface area contributed by atoms with Crippen molar-refractivity contribution in [2.75, 3.05) is 13.2 Å². The molecule has 0 aliphatic carbocycles. The van der Waals surface area contributed by atoms with Crippen molar-refractivity contribution in [3.8, 4) is 5.75 Å². The predicted molar refractivity (Wildman–Crippen MR) is 84.4 cm³/mol. The smallest absolute Gasteiger partial charge is 0.260 e. The van der Waals surface area contributed by atoms with Gasteiger partial charge in [0.25, 0.3) is 5.91 Å². The molecule has 1 amide bonds. The minimum absolute atomic E-state index is 0.0457. The van der Waals surface area contributed by atoms with Crippen molar-refractivity contribution >= 4 is 5.91 Å². The number of rotatable bonds is 4. The quantitative estimate of drug-likeness (QED) is 0.927. The highest BCUT2D eigenvalue weighted by Crippen LogP contribution is 2.21. The van der Waals surface area contributed by atoms with Crippen molar-refractivity contribution in [1.82, 2.24) is 4.90 Å². The van der Waals surface area contributed by atoms with Gasteiger partial charge in [0, 0.05) is 18.6 Å². The number of carbonyl (C=O) groups is 1. The Balaban J connectivity index is 1.90. The maximum atomic E-state index is 12.3. The van der Waals surface area contributed by atoms with E-state index in [2.05, 4.69) is 26.8 Å². The molecule has 1 heterocycles. The number of ether oxygens (including phenoxy) is 1. The number of nitrogens with two attached hydrogens (primary N) is 1. The molecule has 0 radical (unpaired) electrons. The van der Waals surface area contributed by atoms with E-state index in [1.807, 2.05) is 23.1 Å². The second-order valence-electron chi connectivity index (χ2n) is 6.24. The summed E-state index contributed by atoms with van der Waals surface area (Å²) in [5.74, 6) is 1.26. The molecule has 0 aromatic heterocycles. The number of hydrogen-bond donors (Lipinski definition) is 1. The Labute approximate surface area is 127 Å². The summed E-state index contributed by atoms with van der Waals surface area (Å²) < 4.78 is 5.66. The average Bonchev–Trinajstić information content (AvgIpc) is 2.45. The second-order valence-corrected chi connectivity index (χ2v) is 6.24. The van der Waals surface area contributed by atoms with E-state index in [1.54, 1.807) is 0 Å². The van der Waals surface area contributed by atoms with Gasteiger partial charge >= 0.3 is 0 Å². The van der Waals surface area contributed by atoms with Crippen LogP contribution in [0, 0.1) is 0 Å². The van der Waals surface area contributed by atoms with Crippen LogP contribution in [-0.2, 0) is 4.79 Å².